The lowest BCUT2D eigenvalue weighted by molar-refractivity contribution is 0.0689. The molecule has 0 spiro atoms. The van der Waals surface area contributed by atoms with Gasteiger partial charge in [0.15, 0.2) is 5.69 Å². The third-order valence-electron chi connectivity index (χ3n) is 2.91. The van der Waals surface area contributed by atoms with Crippen molar-refractivity contribution >= 4 is 5.97 Å². The van der Waals surface area contributed by atoms with Gasteiger partial charge in [0.05, 0.1) is 17.5 Å². The molecule has 0 fully saturated rings. The minimum absolute atomic E-state index is 0.0133. The second kappa shape index (κ2) is 6.39. The minimum Gasteiger partial charge on any atom is -0.491 e. The molecular formula is C15H19N3O3. The van der Waals surface area contributed by atoms with Gasteiger partial charge < -0.3 is 9.84 Å². The molecule has 21 heavy (non-hydrogen) atoms. The summed E-state index contributed by atoms with van der Waals surface area (Å²) in [6.07, 6.45) is 1.54. The maximum absolute atomic E-state index is 11.2. The van der Waals surface area contributed by atoms with Crippen molar-refractivity contribution in [3.63, 3.8) is 0 Å². The van der Waals surface area contributed by atoms with Crippen LogP contribution in [0, 0.1) is 0 Å². The Labute approximate surface area is 123 Å². The molecule has 0 radical (unpaired) electrons. The van der Waals surface area contributed by atoms with E-state index in [9.17, 15) is 4.79 Å². The Morgan fingerprint density at radius 3 is 2.52 bits per heavy atom. The number of aromatic nitrogens is 3. The van der Waals surface area contributed by atoms with Gasteiger partial charge in [-0.25, -0.2) is 9.48 Å². The molecule has 0 saturated carbocycles. The van der Waals surface area contributed by atoms with Gasteiger partial charge in [-0.05, 0) is 44.5 Å². The summed E-state index contributed by atoms with van der Waals surface area (Å²) in [5.74, 6) is -0.283. The first-order chi connectivity index (χ1) is 10.0. The molecule has 0 aliphatic rings. The highest BCUT2D eigenvalue weighted by Crippen LogP contribution is 2.19. The van der Waals surface area contributed by atoms with Gasteiger partial charge in [-0.15, -0.1) is 5.10 Å². The van der Waals surface area contributed by atoms with E-state index in [1.807, 2.05) is 45.0 Å². The molecule has 6 nitrogen and oxygen atoms in total. The molecule has 0 aliphatic heterocycles. The van der Waals surface area contributed by atoms with Crippen LogP contribution in [0.15, 0.2) is 24.3 Å². The third kappa shape index (κ3) is 3.39. The van der Waals surface area contributed by atoms with Crippen LogP contribution < -0.4 is 4.74 Å². The van der Waals surface area contributed by atoms with Gasteiger partial charge in [0.2, 0.25) is 0 Å². The lowest BCUT2D eigenvalue weighted by Crippen LogP contribution is -2.07. The zero-order valence-electron chi connectivity index (χ0n) is 12.4. The molecule has 2 rings (SSSR count). The lowest BCUT2D eigenvalue weighted by Gasteiger charge is -2.11. The van der Waals surface area contributed by atoms with Gasteiger partial charge in [-0.3, -0.25) is 0 Å². The van der Waals surface area contributed by atoms with E-state index in [0.717, 1.165) is 17.9 Å². The van der Waals surface area contributed by atoms with Crippen LogP contribution in [-0.2, 0) is 6.42 Å². The van der Waals surface area contributed by atoms with E-state index in [0.29, 0.717) is 12.1 Å². The highest BCUT2D eigenvalue weighted by molar-refractivity contribution is 5.86. The summed E-state index contributed by atoms with van der Waals surface area (Å²) in [5, 5.41) is 16.9. The molecule has 0 bridgehead atoms. The fourth-order valence-corrected chi connectivity index (χ4v) is 2.07. The average Bonchev–Trinajstić information content (AvgIpc) is 2.83. The molecule has 1 N–H and O–H groups in total. The normalized spacial score (nSPS) is 10.9. The SMILES string of the molecule is CCCc1c(C(=O)O)nnn1-c1ccc(OC(C)C)cc1. The van der Waals surface area contributed by atoms with Gasteiger partial charge in [0.1, 0.15) is 5.75 Å². The zero-order chi connectivity index (χ0) is 15.4. The Morgan fingerprint density at radius 2 is 2.00 bits per heavy atom. The van der Waals surface area contributed by atoms with Crippen LogP contribution in [0.4, 0.5) is 0 Å². The van der Waals surface area contributed by atoms with Crippen molar-refractivity contribution in [1.29, 1.82) is 0 Å². The number of benzene rings is 1. The Bertz CT molecular complexity index is 618. The summed E-state index contributed by atoms with van der Waals surface area (Å²) < 4.78 is 7.16. The zero-order valence-corrected chi connectivity index (χ0v) is 12.4. The second-order valence-corrected chi connectivity index (χ2v) is 5.01. The number of hydrogen-bond acceptors (Lipinski definition) is 4. The monoisotopic (exact) mass is 289 g/mol. The molecule has 1 heterocycles. The topological polar surface area (TPSA) is 77.2 Å². The van der Waals surface area contributed by atoms with E-state index >= 15 is 0 Å². The van der Waals surface area contributed by atoms with E-state index in [2.05, 4.69) is 10.3 Å². The number of carbonyl (C=O) groups is 1. The van der Waals surface area contributed by atoms with Crippen molar-refractivity contribution in [1.82, 2.24) is 15.0 Å². The predicted molar refractivity (Wildman–Crippen MR) is 78.1 cm³/mol. The lowest BCUT2D eigenvalue weighted by atomic mass is 10.2. The first kappa shape index (κ1) is 15.0. The summed E-state index contributed by atoms with van der Waals surface area (Å²) in [5.41, 5.74) is 1.40. The van der Waals surface area contributed by atoms with Crippen molar-refractivity contribution in [3.05, 3.63) is 35.7 Å². The fourth-order valence-electron chi connectivity index (χ4n) is 2.07. The fraction of sp³-hybridized carbons (Fsp3) is 0.400. The van der Waals surface area contributed by atoms with Gasteiger partial charge in [-0.2, -0.15) is 0 Å². The van der Waals surface area contributed by atoms with Crippen LogP contribution in [0.1, 0.15) is 43.4 Å². The van der Waals surface area contributed by atoms with Gasteiger partial charge in [-0.1, -0.05) is 18.6 Å². The maximum Gasteiger partial charge on any atom is 0.358 e. The Kier molecular flexibility index (Phi) is 4.57. The van der Waals surface area contributed by atoms with Crippen LogP contribution in [-0.4, -0.2) is 32.2 Å². The maximum atomic E-state index is 11.2. The number of nitrogens with zero attached hydrogens (tertiary/aromatic N) is 3. The van der Waals surface area contributed by atoms with Gasteiger partial charge in [0.25, 0.3) is 0 Å². The minimum atomic E-state index is -1.05. The molecule has 2 aromatic rings. The van der Waals surface area contributed by atoms with Crippen LogP contribution in [0.2, 0.25) is 0 Å². The number of hydrogen-bond donors (Lipinski definition) is 1. The number of aromatic carboxylic acids is 1. The van der Waals surface area contributed by atoms with Crippen molar-refractivity contribution < 1.29 is 14.6 Å². The first-order valence-electron chi connectivity index (χ1n) is 6.98. The van der Waals surface area contributed by atoms with Crippen LogP contribution in [0.3, 0.4) is 0 Å². The molecule has 112 valence electrons. The summed E-state index contributed by atoms with van der Waals surface area (Å²) in [6.45, 7) is 5.91. The Balaban J connectivity index is 2.35. The summed E-state index contributed by atoms with van der Waals surface area (Å²) >= 11 is 0. The number of ether oxygens (including phenoxy) is 1. The van der Waals surface area contributed by atoms with Crippen molar-refractivity contribution in [2.24, 2.45) is 0 Å². The number of carboxylic acids is 1. The number of rotatable bonds is 6. The van der Waals surface area contributed by atoms with E-state index in [4.69, 9.17) is 9.84 Å². The summed E-state index contributed by atoms with van der Waals surface area (Å²) in [7, 11) is 0. The molecule has 0 amide bonds. The quantitative estimate of drug-likeness (QED) is 0.884. The van der Waals surface area contributed by atoms with Crippen molar-refractivity contribution in [2.75, 3.05) is 0 Å². The van der Waals surface area contributed by atoms with Crippen molar-refractivity contribution in [2.45, 2.75) is 39.7 Å². The largest absolute Gasteiger partial charge is 0.491 e. The second-order valence-electron chi connectivity index (χ2n) is 5.01. The standard InChI is InChI=1S/C15H19N3O3/c1-4-5-13-14(15(19)20)16-17-18(13)11-6-8-12(9-7-11)21-10(2)3/h6-10H,4-5H2,1-3H3,(H,19,20). The highest BCUT2D eigenvalue weighted by Gasteiger charge is 2.19. The average molecular weight is 289 g/mol. The van der Waals surface area contributed by atoms with Crippen LogP contribution in [0.5, 0.6) is 5.75 Å². The molecular weight excluding hydrogens is 270 g/mol. The van der Waals surface area contributed by atoms with E-state index in [-0.39, 0.29) is 11.8 Å². The summed E-state index contributed by atoms with van der Waals surface area (Å²) in [6, 6.07) is 7.37. The molecule has 0 aliphatic carbocycles. The molecule has 1 aromatic heterocycles. The summed E-state index contributed by atoms with van der Waals surface area (Å²) in [4.78, 5) is 11.2. The van der Waals surface area contributed by atoms with Crippen LogP contribution in [0.25, 0.3) is 5.69 Å². The first-order valence-corrected chi connectivity index (χ1v) is 6.98. The van der Waals surface area contributed by atoms with Gasteiger partial charge >= 0.3 is 5.97 Å². The molecule has 0 saturated heterocycles. The predicted octanol–water partition coefficient (Wildman–Crippen LogP) is 2.71. The number of carboxylic acid groups (broad SMARTS) is 1. The molecule has 0 atom stereocenters. The third-order valence-corrected chi connectivity index (χ3v) is 2.91. The molecule has 1 aromatic carbocycles. The molecule has 6 heteroatoms. The Morgan fingerprint density at radius 1 is 1.33 bits per heavy atom. The van der Waals surface area contributed by atoms with E-state index < -0.39 is 5.97 Å². The highest BCUT2D eigenvalue weighted by atomic mass is 16.5. The smallest absolute Gasteiger partial charge is 0.358 e. The van der Waals surface area contributed by atoms with Crippen LogP contribution >= 0.6 is 0 Å². The van der Waals surface area contributed by atoms with E-state index in [1.54, 1.807) is 4.68 Å². The molecule has 0 unspecified atom stereocenters. The van der Waals surface area contributed by atoms with E-state index in [1.165, 1.54) is 0 Å². The Hall–Kier alpha value is -2.37. The van der Waals surface area contributed by atoms with Crippen molar-refractivity contribution in [3.8, 4) is 11.4 Å². The van der Waals surface area contributed by atoms with Gasteiger partial charge in [0, 0.05) is 0 Å².